The van der Waals surface area contributed by atoms with E-state index in [1.54, 1.807) is 5.32 Å². The molecule has 0 aliphatic heterocycles. The highest BCUT2D eigenvalue weighted by atomic mass is 32.2. The van der Waals surface area contributed by atoms with Crippen LogP contribution in [0.4, 0.5) is 26.7 Å². The topological polar surface area (TPSA) is 72.2 Å². The van der Waals surface area contributed by atoms with Crippen LogP contribution in [-0.4, -0.2) is 17.7 Å². The van der Waals surface area contributed by atoms with E-state index in [1.165, 1.54) is 0 Å². The predicted molar refractivity (Wildman–Crippen MR) is 54.7 cm³/mol. The van der Waals surface area contributed by atoms with Gasteiger partial charge >= 0.3 is 6.03 Å². The van der Waals surface area contributed by atoms with Gasteiger partial charge in [-0.15, -0.1) is 11.8 Å². The van der Waals surface area contributed by atoms with Gasteiger partial charge in [-0.25, -0.2) is 26.7 Å². The van der Waals surface area contributed by atoms with Crippen molar-refractivity contribution in [2.24, 2.45) is 5.73 Å². The third-order valence-corrected chi connectivity index (χ3v) is 2.83. The predicted octanol–water partition coefficient (Wildman–Crippen LogP) is 1.67. The molecule has 3 N–H and O–H groups in total. The second-order valence-corrected chi connectivity index (χ2v) is 4.09. The number of carbonyl (C=O) groups excluding carboxylic acids is 2. The van der Waals surface area contributed by atoms with Crippen molar-refractivity contribution in [3.8, 4) is 0 Å². The van der Waals surface area contributed by atoms with Gasteiger partial charge < -0.3 is 5.73 Å². The van der Waals surface area contributed by atoms with Crippen LogP contribution in [0.15, 0.2) is 4.90 Å². The van der Waals surface area contributed by atoms with Crippen LogP contribution in [0.25, 0.3) is 0 Å². The molecule has 0 heterocycles. The molecule has 1 rings (SSSR count). The van der Waals surface area contributed by atoms with Crippen molar-refractivity contribution in [2.45, 2.75) is 4.90 Å². The highest BCUT2D eigenvalue weighted by Gasteiger charge is 2.26. The maximum atomic E-state index is 13.2. The number of urea groups is 1. The third-order valence-electron chi connectivity index (χ3n) is 1.78. The first-order valence-corrected chi connectivity index (χ1v) is 5.47. The Morgan fingerprint density at radius 3 is 1.79 bits per heavy atom. The fourth-order valence-corrected chi connectivity index (χ4v) is 1.80. The maximum Gasteiger partial charge on any atom is 0.318 e. The van der Waals surface area contributed by atoms with Gasteiger partial charge in [-0.2, -0.15) is 0 Å². The Kier molecular flexibility index (Phi) is 4.70. The van der Waals surface area contributed by atoms with E-state index in [4.69, 9.17) is 0 Å². The molecule has 0 bridgehead atoms. The largest absolute Gasteiger partial charge is 0.351 e. The van der Waals surface area contributed by atoms with Crippen LogP contribution >= 0.6 is 11.8 Å². The van der Waals surface area contributed by atoms with Crippen molar-refractivity contribution in [1.82, 2.24) is 5.32 Å². The highest BCUT2D eigenvalue weighted by Crippen LogP contribution is 2.30. The van der Waals surface area contributed by atoms with Crippen LogP contribution < -0.4 is 11.1 Å². The lowest BCUT2D eigenvalue weighted by atomic mass is 10.3. The second-order valence-electron chi connectivity index (χ2n) is 3.10. The molecular weight excluding hydrogens is 295 g/mol. The molecule has 0 aliphatic rings. The van der Waals surface area contributed by atoms with Gasteiger partial charge in [0.25, 0.3) is 0 Å². The fraction of sp³-hybridized carbons (Fsp3) is 0.111. The molecule has 0 atom stereocenters. The van der Waals surface area contributed by atoms with Crippen molar-refractivity contribution in [3.63, 3.8) is 0 Å². The molecule has 0 aliphatic carbocycles. The molecule has 0 unspecified atom stereocenters. The van der Waals surface area contributed by atoms with Gasteiger partial charge in [-0.05, 0) is 0 Å². The van der Waals surface area contributed by atoms with E-state index in [0.29, 0.717) is 0 Å². The lowest BCUT2D eigenvalue weighted by molar-refractivity contribution is -0.117. The molecule has 1 aromatic carbocycles. The quantitative estimate of drug-likeness (QED) is 0.386. The smallest absolute Gasteiger partial charge is 0.318 e. The summed E-state index contributed by atoms with van der Waals surface area (Å²) in [6.45, 7) is 0. The number of hydrogen-bond acceptors (Lipinski definition) is 3. The molecule has 10 heteroatoms. The lowest BCUT2D eigenvalue weighted by Crippen LogP contribution is -2.36. The number of imide groups is 1. The Morgan fingerprint density at radius 1 is 0.947 bits per heavy atom. The molecule has 0 aromatic heterocycles. The number of nitrogens with one attached hydrogen (secondary N) is 1. The van der Waals surface area contributed by atoms with E-state index < -0.39 is 51.7 Å². The van der Waals surface area contributed by atoms with Crippen molar-refractivity contribution in [2.75, 3.05) is 5.75 Å². The van der Waals surface area contributed by atoms with E-state index in [-0.39, 0.29) is 11.8 Å². The van der Waals surface area contributed by atoms with E-state index in [1.807, 2.05) is 0 Å². The molecular formula is C9H5F5N2O2S. The van der Waals surface area contributed by atoms with Gasteiger partial charge in [0, 0.05) is 0 Å². The lowest BCUT2D eigenvalue weighted by Gasteiger charge is -2.07. The van der Waals surface area contributed by atoms with Crippen LogP contribution in [0.1, 0.15) is 0 Å². The molecule has 19 heavy (non-hydrogen) atoms. The number of nitrogens with two attached hydrogens (primary N) is 1. The first-order valence-electron chi connectivity index (χ1n) is 4.49. The van der Waals surface area contributed by atoms with Gasteiger partial charge in [-0.1, -0.05) is 0 Å². The molecule has 4 nitrogen and oxygen atoms in total. The van der Waals surface area contributed by atoms with Crippen LogP contribution in [-0.2, 0) is 4.79 Å². The summed E-state index contributed by atoms with van der Waals surface area (Å²) >= 11 is 0.0443. The van der Waals surface area contributed by atoms with E-state index in [2.05, 4.69) is 5.73 Å². The number of benzene rings is 1. The minimum atomic E-state index is -2.29. The van der Waals surface area contributed by atoms with Crippen LogP contribution in [0.3, 0.4) is 0 Å². The van der Waals surface area contributed by atoms with Gasteiger partial charge in [-0.3, -0.25) is 10.1 Å². The zero-order chi connectivity index (χ0) is 14.7. The maximum absolute atomic E-state index is 13.2. The summed E-state index contributed by atoms with van der Waals surface area (Å²) in [6, 6.07) is -1.21. The molecule has 0 saturated carbocycles. The summed E-state index contributed by atoms with van der Waals surface area (Å²) in [5.41, 5.74) is 4.59. The third kappa shape index (κ3) is 3.34. The average molecular weight is 300 g/mol. The Labute approximate surface area is 107 Å². The average Bonchev–Trinajstić information content (AvgIpc) is 2.33. The monoisotopic (exact) mass is 300 g/mol. The first-order chi connectivity index (χ1) is 8.75. The van der Waals surface area contributed by atoms with Crippen LogP contribution in [0.5, 0.6) is 0 Å². The summed E-state index contributed by atoms with van der Waals surface area (Å²) in [4.78, 5) is 20.0. The van der Waals surface area contributed by atoms with E-state index >= 15 is 0 Å². The van der Waals surface area contributed by atoms with Crippen molar-refractivity contribution < 1.29 is 31.5 Å². The van der Waals surface area contributed by atoms with E-state index in [0.717, 1.165) is 0 Å². The molecule has 0 radical (unpaired) electrons. The Hall–Kier alpha value is -1.84. The normalized spacial score (nSPS) is 10.4. The minimum Gasteiger partial charge on any atom is -0.351 e. The molecule has 3 amide bonds. The summed E-state index contributed by atoms with van der Waals surface area (Å²) in [6.07, 6.45) is 0. The summed E-state index contributed by atoms with van der Waals surface area (Å²) < 4.78 is 64.6. The van der Waals surface area contributed by atoms with Crippen molar-refractivity contribution in [1.29, 1.82) is 0 Å². The summed E-state index contributed by atoms with van der Waals surface area (Å²) in [5, 5.41) is 1.57. The zero-order valence-electron chi connectivity index (χ0n) is 8.90. The second kappa shape index (κ2) is 5.87. The number of halogens is 5. The zero-order valence-corrected chi connectivity index (χ0v) is 9.72. The minimum absolute atomic E-state index is 0.0443. The Balaban J connectivity index is 2.97. The number of rotatable bonds is 3. The number of amides is 3. The molecule has 1 aromatic rings. The Bertz CT molecular complexity index is 523. The van der Waals surface area contributed by atoms with Crippen molar-refractivity contribution in [3.05, 3.63) is 29.1 Å². The van der Waals surface area contributed by atoms with Gasteiger partial charge in [0.2, 0.25) is 11.7 Å². The number of primary amides is 1. The molecule has 0 fully saturated rings. The Morgan fingerprint density at radius 2 is 1.37 bits per heavy atom. The summed E-state index contributed by atoms with van der Waals surface area (Å²) in [7, 11) is 0. The van der Waals surface area contributed by atoms with Crippen LogP contribution in [0, 0.1) is 29.1 Å². The molecule has 104 valence electrons. The van der Waals surface area contributed by atoms with Gasteiger partial charge in [0.1, 0.15) is 0 Å². The standard InChI is InChI=1S/C9H5F5N2O2S/c10-3-4(11)6(13)8(7(14)5(3)12)19-1-2(17)16-9(15)18/h1H2,(H3,15,16,17,18). The van der Waals surface area contributed by atoms with Crippen LogP contribution in [0.2, 0.25) is 0 Å². The summed E-state index contributed by atoms with van der Waals surface area (Å²) in [5.74, 6) is -12.4. The number of carbonyl (C=O) groups is 2. The number of hydrogen-bond donors (Lipinski definition) is 2. The van der Waals surface area contributed by atoms with E-state index in [9.17, 15) is 31.5 Å². The van der Waals surface area contributed by atoms with Crippen molar-refractivity contribution >= 4 is 23.7 Å². The highest BCUT2D eigenvalue weighted by molar-refractivity contribution is 8.00. The first kappa shape index (κ1) is 15.2. The SMILES string of the molecule is NC(=O)NC(=O)CSc1c(F)c(F)c(F)c(F)c1F. The number of thioether (sulfide) groups is 1. The molecule has 0 spiro atoms. The fourth-order valence-electron chi connectivity index (χ4n) is 1.02. The van der Waals surface area contributed by atoms with Gasteiger partial charge in [0.15, 0.2) is 23.3 Å². The van der Waals surface area contributed by atoms with Gasteiger partial charge in [0.05, 0.1) is 10.6 Å². The molecule has 0 saturated heterocycles.